The molecule has 2 aromatic rings. The van der Waals surface area contributed by atoms with E-state index in [0.29, 0.717) is 22.9 Å². The molecule has 1 aromatic heterocycles. The van der Waals surface area contributed by atoms with Gasteiger partial charge in [-0.15, -0.1) is 0 Å². The van der Waals surface area contributed by atoms with Crippen molar-refractivity contribution in [1.29, 1.82) is 0 Å². The van der Waals surface area contributed by atoms with Crippen LogP contribution in [0.25, 0.3) is 0 Å². The number of halogens is 1. The minimum Gasteiger partial charge on any atom is -0.495 e. The summed E-state index contributed by atoms with van der Waals surface area (Å²) >= 11 is 7.50. The molecule has 0 spiro atoms. The summed E-state index contributed by atoms with van der Waals surface area (Å²) in [6, 6.07) is 7.02. The predicted octanol–water partition coefficient (Wildman–Crippen LogP) is 3.96. The second-order valence-corrected chi connectivity index (χ2v) is 6.48. The van der Waals surface area contributed by atoms with Gasteiger partial charge in [-0.1, -0.05) is 30.3 Å². The van der Waals surface area contributed by atoms with E-state index >= 15 is 0 Å². The first kappa shape index (κ1) is 17.6. The van der Waals surface area contributed by atoms with Crippen molar-refractivity contribution in [3.63, 3.8) is 0 Å². The Kier molecular flexibility index (Phi) is 6.24. The van der Waals surface area contributed by atoms with Crippen molar-refractivity contribution in [2.75, 3.05) is 12.4 Å². The van der Waals surface area contributed by atoms with Crippen LogP contribution in [-0.4, -0.2) is 28.2 Å². The number of aromatic nitrogens is 2. The topological polar surface area (TPSA) is 64.1 Å². The van der Waals surface area contributed by atoms with Gasteiger partial charge in [-0.2, -0.15) is 0 Å². The van der Waals surface area contributed by atoms with E-state index in [9.17, 15) is 4.79 Å². The number of hydrogen-bond donors (Lipinski definition) is 1. The molecule has 122 valence electrons. The highest BCUT2D eigenvalue weighted by Crippen LogP contribution is 2.29. The van der Waals surface area contributed by atoms with E-state index in [4.69, 9.17) is 16.3 Å². The molecule has 1 heterocycles. The van der Waals surface area contributed by atoms with Crippen molar-refractivity contribution in [3.05, 3.63) is 41.3 Å². The van der Waals surface area contributed by atoms with Gasteiger partial charge in [0.1, 0.15) is 17.1 Å². The highest BCUT2D eigenvalue weighted by Gasteiger charge is 2.19. The Balaban J connectivity index is 2.06. The zero-order chi connectivity index (χ0) is 16.8. The average Bonchev–Trinajstić information content (AvgIpc) is 2.52. The van der Waals surface area contributed by atoms with E-state index in [-0.39, 0.29) is 11.2 Å². The lowest BCUT2D eigenvalue weighted by atomic mass is 10.2. The maximum absolute atomic E-state index is 12.4. The molecule has 0 aliphatic rings. The molecule has 1 atom stereocenters. The van der Waals surface area contributed by atoms with Crippen LogP contribution in [0.1, 0.15) is 19.0 Å². The summed E-state index contributed by atoms with van der Waals surface area (Å²) in [7, 11) is 1.55. The van der Waals surface area contributed by atoms with Crippen LogP contribution in [0.2, 0.25) is 5.02 Å². The largest absolute Gasteiger partial charge is 0.495 e. The molecule has 0 aliphatic heterocycles. The second kappa shape index (κ2) is 8.17. The van der Waals surface area contributed by atoms with Crippen LogP contribution in [-0.2, 0) is 4.79 Å². The lowest BCUT2D eigenvalue weighted by Gasteiger charge is -2.15. The van der Waals surface area contributed by atoms with Crippen LogP contribution >= 0.6 is 23.4 Å². The summed E-state index contributed by atoms with van der Waals surface area (Å²) in [5.41, 5.74) is 1.51. The van der Waals surface area contributed by atoms with Gasteiger partial charge in [0.15, 0.2) is 0 Å². The van der Waals surface area contributed by atoms with Crippen molar-refractivity contribution in [2.24, 2.45) is 0 Å². The van der Waals surface area contributed by atoms with Crippen molar-refractivity contribution in [3.8, 4) is 5.75 Å². The van der Waals surface area contributed by atoms with Gasteiger partial charge in [-0.25, -0.2) is 9.97 Å². The number of carbonyl (C=O) groups is 1. The minimum atomic E-state index is -0.245. The number of methoxy groups -OCH3 is 1. The Morgan fingerprint density at radius 1 is 1.39 bits per heavy atom. The molecule has 23 heavy (non-hydrogen) atoms. The molecule has 0 bridgehead atoms. The first-order valence-corrected chi connectivity index (χ1v) is 8.39. The quantitative estimate of drug-likeness (QED) is 0.630. The number of rotatable bonds is 6. The number of anilines is 1. The molecule has 1 aromatic carbocycles. The van der Waals surface area contributed by atoms with Crippen molar-refractivity contribution in [1.82, 2.24) is 9.97 Å². The van der Waals surface area contributed by atoms with E-state index in [2.05, 4.69) is 15.3 Å². The lowest BCUT2D eigenvalue weighted by molar-refractivity contribution is -0.115. The third kappa shape index (κ3) is 4.84. The molecule has 0 saturated heterocycles. The van der Waals surface area contributed by atoms with E-state index in [1.807, 2.05) is 19.9 Å². The molecule has 0 saturated carbocycles. The predicted molar refractivity (Wildman–Crippen MR) is 93.3 cm³/mol. The van der Waals surface area contributed by atoms with Crippen LogP contribution < -0.4 is 10.1 Å². The average molecular weight is 352 g/mol. The summed E-state index contributed by atoms with van der Waals surface area (Å²) in [5.74, 6) is 0.484. The second-order valence-electron chi connectivity index (χ2n) is 4.85. The molecule has 1 N–H and O–H groups in total. The summed E-state index contributed by atoms with van der Waals surface area (Å²) in [6.07, 6.45) is 2.19. The number of ether oxygens (including phenoxy) is 1. The fourth-order valence-corrected chi connectivity index (χ4v) is 3.16. The van der Waals surface area contributed by atoms with Gasteiger partial charge in [0, 0.05) is 11.4 Å². The number of nitrogens with one attached hydrogen (secondary N) is 1. The van der Waals surface area contributed by atoms with Crippen LogP contribution in [0, 0.1) is 6.92 Å². The van der Waals surface area contributed by atoms with E-state index in [1.165, 1.54) is 18.1 Å². The number of amides is 1. The number of aryl methyl sites for hydroxylation is 1. The Morgan fingerprint density at radius 2 is 2.17 bits per heavy atom. The Labute approximate surface area is 144 Å². The number of carbonyl (C=O) groups excluding carboxylic acids is 1. The van der Waals surface area contributed by atoms with Gasteiger partial charge in [0.05, 0.1) is 17.4 Å². The van der Waals surface area contributed by atoms with Crippen molar-refractivity contribution in [2.45, 2.75) is 30.5 Å². The van der Waals surface area contributed by atoms with Crippen LogP contribution in [0.3, 0.4) is 0 Å². The maximum Gasteiger partial charge on any atom is 0.237 e. The van der Waals surface area contributed by atoms with Crippen LogP contribution in [0.15, 0.2) is 35.6 Å². The summed E-state index contributed by atoms with van der Waals surface area (Å²) in [4.78, 5) is 20.7. The van der Waals surface area contributed by atoms with Crippen LogP contribution in [0.5, 0.6) is 5.75 Å². The summed E-state index contributed by atoms with van der Waals surface area (Å²) in [6.45, 7) is 3.86. The zero-order valence-electron chi connectivity index (χ0n) is 13.2. The van der Waals surface area contributed by atoms with Gasteiger partial charge in [0.2, 0.25) is 5.91 Å². The molecule has 0 fully saturated rings. The van der Waals surface area contributed by atoms with E-state index in [0.717, 1.165) is 10.7 Å². The standard InChI is InChI=1S/C16H18ClN3O2S/c1-4-14(23-15-7-10(2)18-9-19-15)16(21)20-11-5-6-13(22-3)12(17)8-11/h5-9,14H,4H2,1-3H3,(H,20,21)/t14-/m0/s1. The molecule has 0 unspecified atom stereocenters. The maximum atomic E-state index is 12.4. The van der Waals surface area contributed by atoms with Crippen molar-refractivity contribution < 1.29 is 9.53 Å². The molecule has 0 radical (unpaired) electrons. The number of benzene rings is 1. The third-order valence-corrected chi connectivity index (χ3v) is 4.72. The molecular formula is C16H18ClN3O2S. The van der Waals surface area contributed by atoms with Crippen LogP contribution in [0.4, 0.5) is 5.69 Å². The molecule has 0 aliphatic carbocycles. The van der Waals surface area contributed by atoms with Gasteiger partial charge >= 0.3 is 0 Å². The van der Waals surface area contributed by atoms with Gasteiger partial charge in [-0.3, -0.25) is 4.79 Å². The van der Waals surface area contributed by atoms with E-state index < -0.39 is 0 Å². The zero-order valence-corrected chi connectivity index (χ0v) is 14.7. The van der Waals surface area contributed by atoms with Gasteiger partial charge in [0.25, 0.3) is 0 Å². The summed E-state index contributed by atoms with van der Waals surface area (Å²) < 4.78 is 5.10. The molecule has 7 heteroatoms. The number of hydrogen-bond acceptors (Lipinski definition) is 5. The Hall–Kier alpha value is -1.79. The lowest BCUT2D eigenvalue weighted by Crippen LogP contribution is -2.24. The molecule has 5 nitrogen and oxygen atoms in total. The fraction of sp³-hybridized carbons (Fsp3) is 0.312. The fourth-order valence-electron chi connectivity index (χ4n) is 1.93. The van der Waals surface area contributed by atoms with Gasteiger partial charge in [-0.05, 0) is 37.6 Å². The van der Waals surface area contributed by atoms with Crippen molar-refractivity contribution >= 4 is 35.0 Å². The minimum absolute atomic E-state index is 0.0880. The smallest absolute Gasteiger partial charge is 0.237 e. The third-order valence-electron chi connectivity index (χ3n) is 3.12. The first-order valence-electron chi connectivity index (χ1n) is 7.13. The van der Waals surface area contributed by atoms with Gasteiger partial charge < -0.3 is 10.1 Å². The SMILES string of the molecule is CC[C@H](Sc1cc(C)ncn1)C(=O)Nc1ccc(OC)c(Cl)c1. The Bertz CT molecular complexity index is 697. The molecule has 1 amide bonds. The normalized spacial score (nSPS) is 11.8. The monoisotopic (exact) mass is 351 g/mol. The number of nitrogens with zero attached hydrogens (tertiary/aromatic N) is 2. The number of thioether (sulfide) groups is 1. The highest BCUT2D eigenvalue weighted by molar-refractivity contribution is 8.00. The first-order chi connectivity index (χ1) is 11.0. The highest BCUT2D eigenvalue weighted by atomic mass is 35.5. The molecular weight excluding hydrogens is 334 g/mol. The summed E-state index contributed by atoms with van der Waals surface area (Å²) in [5, 5.41) is 3.87. The molecule has 2 rings (SSSR count). The Morgan fingerprint density at radius 3 is 2.78 bits per heavy atom. The van der Waals surface area contributed by atoms with E-state index in [1.54, 1.807) is 25.3 Å².